The predicted octanol–water partition coefficient (Wildman–Crippen LogP) is 5.07. The van der Waals surface area contributed by atoms with Crippen LogP contribution in [0.15, 0.2) is 42.5 Å². The molecule has 0 aliphatic heterocycles. The second kappa shape index (κ2) is 7.37. The predicted molar refractivity (Wildman–Crippen MR) is 90.6 cm³/mol. The quantitative estimate of drug-likeness (QED) is 0.578. The minimum atomic E-state index is -2.85. The summed E-state index contributed by atoms with van der Waals surface area (Å²) in [5, 5.41) is 0.0921. The third-order valence-corrected chi connectivity index (χ3v) is 4.23. The molecular formula is C18H14ClF3N2O2. The molecule has 0 spiro atoms. The molecule has 0 bridgehead atoms. The SMILES string of the molecule is CC(OC(=O)Cc1c(F)cccc1Cl)c1nc2ccccc2n1C(F)F. The lowest BCUT2D eigenvalue weighted by Crippen LogP contribution is -2.16. The number of carbonyl (C=O) groups excluding carboxylic acids is 1. The molecule has 0 saturated carbocycles. The van der Waals surface area contributed by atoms with Gasteiger partial charge in [-0.2, -0.15) is 8.78 Å². The number of imidazole rings is 1. The van der Waals surface area contributed by atoms with Crippen molar-refractivity contribution in [3.05, 3.63) is 64.7 Å². The van der Waals surface area contributed by atoms with Gasteiger partial charge in [0.1, 0.15) is 5.82 Å². The van der Waals surface area contributed by atoms with E-state index in [9.17, 15) is 18.0 Å². The van der Waals surface area contributed by atoms with Gasteiger partial charge >= 0.3 is 12.5 Å². The molecule has 0 aliphatic carbocycles. The largest absolute Gasteiger partial charge is 0.454 e. The molecule has 2 aromatic carbocycles. The van der Waals surface area contributed by atoms with Crippen molar-refractivity contribution in [1.82, 2.24) is 9.55 Å². The Hall–Kier alpha value is -2.54. The minimum Gasteiger partial charge on any atom is -0.454 e. The maximum atomic E-state index is 13.8. The van der Waals surface area contributed by atoms with Crippen molar-refractivity contribution in [3.63, 3.8) is 0 Å². The van der Waals surface area contributed by atoms with Crippen LogP contribution >= 0.6 is 11.6 Å². The molecule has 0 radical (unpaired) electrons. The number of fused-ring (bicyclic) bond motifs is 1. The second-order valence-electron chi connectivity index (χ2n) is 5.62. The molecule has 0 N–H and O–H groups in total. The number of aromatic nitrogens is 2. The number of benzene rings is 2. The Morgan fingerprint density at radius 2 is 1.96 bits per heavy atom. The summed E-state index contributed by atoms with van der Waals surface area (Å²) >= 11 is 5.88. The van der Waals surface area contributed by atoms with E-state index in [1.807, 2.05) is 0 Å². The summed E-state index contributed by atoms with van der Waals surface area (Å²) in [6.07, 6.45) is -1.46. The normalized spacial score (nSPS) is 12.5. The molecule has 1 unspecified atom stereocenters. The van der Waals surface area contributed by atoms with E-state index in [0.717, 1.165) is 0 Å². The first kappa shape index (κ1) is 18.3. The van der Waals surface area contributed by atoms with Gasteiger partial charge in [0.15, 0.2) is 11.9 Å². The van der Waals surface area contributed by atoms with Crippen molar-refractivity contribution in [3.8, 4) is 0 Å². The number of carbonyl (C=O) groups is 1. The molecule has 0 saturated heterocycles. The molecule has 1 aromatic heterocycles. The lowest BCUT2D eigenvalue weighted by atomic mass is 10.1. The lowest BCUT2D eigenvalue weighted by Gasteiger charge is -2.15. The summed E-state index contributed by atoms with van der Waals surface area (Å²) in [6, 6.07) is 10.4. The average Bonchev–Trinajstić information content (AvgIpc) is 2.98. The zero-order valence-corrected chi connectivity index (χ0v) is 14.4. The van der Waals surface area contributed by atoms with Gasteiger partial charge in [-0.25, -0.2) is 9.37 Å². The van der Waals surface area contributed by atoms with Gasteiger partial charge in [-0.15, -0.1) is 0 Å². The Labute approximate surface area is 152 Å². The number of halogens is 4. The molecule has 0 fully saturated rings. The molecule has 0 amide bonds. The van der Waals surface area contributed by atoms with Crippen molar-refractivity contribution in [1.29, 1.82) is 0 Å². The number of ether oxygens (including phenoxy) is 1. The van der Waals surface area contributed by atoms with Crippen LogP contribution in [0.5, 0.6) is 0 Å². The highest BCUT2D eigenvalue weighted by atomic mass is 35.5. The molecule has 1 heterocycles. The molecule has 1 atom stereocenters. The third-order valence-electron chi connectivity index (χ3n) is 3.87. The topological polar surface area (TPSA) is 44.1 Å². The van der Waals surface area contributed by atoms with Crippen molar-refractivity contribution in [2.24, 2.45) is 0 Å². The molecule has 136 valence electrons. The van der Waals surface area contributed by atoms with E-state index in [4.69, 9.17) is 16.3 Å². The van der Waals surface area contributed by atoms with Gasteiger partial charge < -0.3 is 4.74 Å². The van der Waals surface area contributed by atoms with Gasteiger partial charge in [-0.05, 0) is 31.2 Å². The van der Waals surface area contributed by atoms with Crippen LogP contribution in [0.2, 0.25) is 5.02 Å². The fourth-order valence-corrected chi connectivity index (χ4v) is 2.92. The number of hydrogen-bond donors (Lipinski definition) is 0. The molecule has 26 heavy (non-hydrogen) atoms. The summed E-state index contributed by atoms with van der Waals surface area (Å²) < 4.78 is 46.6. The smallest absolute Gasteiger partial charge is 0.320 e. The first-order valence-corrected chi connectivity index (χ1v) is 8.13. The Morgan fingerprint density at radius 1 is 1.23 bits per heavy atom. The number of para-hydroxylation sites is 2. The Morgan fingerprint density at radius 3 is 2.65 bits per heavy atom. The second-order valence-corrected chi connectivity index (χ2v) is 6.02. The molecule has 0 aliphatic rings. The standard InChI is InChI=1S/C18H14ClF3N2O2/c1-10(26-16(25)9-11-12(19)5-4-6-13(11)20)17-23-14-7-2-3-8-15(14)24(17)18(21)22/h2-8,10,18H,9H2,1H3. The van der Waals surface area contributed by atoms with Crippen LogP contribution < -0.4 is 0 Å². The van der Waals surface area contributed by atoms with Gasteiger partial charge in [0.2, 0.25) is 0 Å². The van der Waals surface area contributed by atoms with Crippen LogP contribution in [-0.2, 0) is 16.0 Å². The van der Waals surface area contributed by atoms with Crippen molar-refractivity contribution in [2.45, 2.75) is 26.0 Å². The van der Waals surface area contributed by atoms with E-state index in [1.165, 1.54) is 31.2 Å². The summed E-state index contributed by atoms with van der Waals surface area (Å²) in [5.74, 6) is -1.52. The number of hydrogen-bond acceptors (Lipinski definition) is 3. The Balaban J connectivity index is 1.84. The van der Waals surface area contributed by atoms with Crippen molar-refractivity contribution in [2.75, 3.05) is 0 Å². The van der Waals surface area contributed by atoms with Gasteiger partial charge in [0.05, 0.1) is 17.5 Å². The van der Waals surface area contributed by atoms with Crippen LogP contribution in [0.25, 0.3) is 11.0 Å². The zero-order valence-electron chi connectivity index (χ0n) is 13.6. The van der Waals surface area contributed by atoms with Crippen LogP contribution in [-0.4, -0.2) is 15.5 Å². The van der Waals surface area contributed by atoms with Crippen molar-refractivity contribution >= 4 is 28.6 Å². The fraction of sp³-hybridized carbons (Fsp3) is 0.222. The first-order chi connectivity index (χ1) is 12.4. The van der Waals surface area contributed by atoms with E-state index in [-0.39, 0.29) is 21.9 Å². The van der Waals surface area contributed by atoms with Gasteiger partial charge in [0.25, 0.3) is 0 Å². The Bertz CT molecular complexity index is 939. The van der Waals surface area contributed by atoms with E-state index in [1.54, 1.807) is 18.2 Å². The van der Waals surface area contributed by atoms with Gasteiger partial charge in [-0.1, -0.05) is 29.8 Å². The maximum absolute atomic E-state index is 13.8. The number of rotatable bonds is 5. The van der Waals surface area contributed by atoms with Crippen LogP contribution in [0.3, 0.4) is 0 Å². The zero-order chi connectivity index (χ0) is 18.8. The van der Waals surface area contributed by atoms with E-state index in [0.29, 0.717) is 10.1 Å². The first-order valence-electron chi connectivity index (χ1n) is 7.76. The van der Waals surface area contributed by atoms with Crippen LogP contribution in [0.4, 0.5) is 13.2 Å². The highest BCUT2D eigenvalue weighted by Crippen LogP contribution is 2.28. The van der Waals surface area contributed by atoms with Gasteiger partial charge in [-0.3, -0.25) is 9.36 Å². The highest BCUT2D eigenvalue weighted by Gasteiger charge is 2.24. The van der Waals surface area contributed by atoms with E-state index in [2.05, 4.69) is 4.98 Å². The van der Waals surface area contributed by atoms with Crippen LogP contribution in [0, 0.1) is 5.82 Å². The summed E-state index contributed by atoms with van der Waals surface area (Å²) in [6.45, 7) is -1.42. The third kappa shape index (κ3) is 3.53. The summed E-state index contributed by atoms with van der Waals surface area (Å²) in [7, 11) is 0. The summed E-state index contributed by atoms with van der Waals surface area (Å²) in [5.41, 5.74) is 0.592. The number of alkyl halides is 2. The van der Waals surface area contributed by atoms with Gasteiger partial charge in [0, 0.05) is 10.6 Å². The number of esters is 1. The maximum Gasteiger partial charge on any atom is 0.320 e. The van der Waals surface area contributed by atoms with Crippen LogP contribution in [0.1, 0.15) is 31.0 Å². The highest BCUT2D eigenvalue weighted by molar-refractivity contribution is 6.31. The minimum absolute atomic E-state index is 0.00581. The summed E-state index contributed by atoms with van der Waals surface area (Å²) in [4.78, 5) is 16.3. The fourth-order valence-electron chi connectivity index (χ4n) is 2.69. The number of nitrogens with zero attached hydrogens (tertiary/aromatic N) is 2. The molecule has 8 heteroatoms. The molecule has 3 rings (SSSR count). The Kier molecular flexibility index (Phi) is 5.18. The molecule has 3 aromatic rings. The van der Waals surface area contributed by atoms with E-state index >= 15 is 0 Å². The van der Waals surface area contributed by atoms with Crippen molar-refractivity contribution < 1.29 is 22.7 Å². The average molecular weight is 383 g/mol. The molecule has 4 nitrogen and oxygen atoms in total. The molecular weight excluding hydrogens is 369 g/mol. The van der Waals surface area contributed by atoms with E-state index < -0.39 is 30.9 Å². The lowest BCUT2D eigenvalue weighted by molar-refractivity contribution is -0.148. The monoisotopic (exact) mass is 382 g/mol.